The molecule has 1 aliphatic heterocycles. The van der Waals surface area contributed by atoms with Gasteiger partial charge in [-0.15, -0.1) is 0 Å². The van der Waals surface area contributed by atoms with E-state index in [1.807, 2.05) is 29.6 Å². The topological polar surface area (TPSA) is 69.6 Å². The quantitative estimate of drug-likeness (QED) is 0.574. The highest BCUT2D eigenvalue weighted by Crippen LogP contribution is 2.25. The summed E-state index contributed by atoms with van der Waals surface area (Å²) in [6.45, 7) is 3.52. The molecular weight excluding hydrogens is 376 g/mol. The van der Waals surface area contributed by atoms with Crippen LogP contribution in [0.3, 0.4) is 0 Å². The Labute approximate surface area is 167 Å². The van der Waals surface area contributed by atoms with E-state index in [2.05, 4.69) is 19.9 Å². The molecule has 1 aromatic carbocycles. The number of nitrogens with zero attached hydrogens (tertiary/aromatic N) is 4. The van der Waals surface area contributed by atoms with Crippen LogP contribution < -0.4 is 14.2 Å². The third-order valence-electron chi connectivity index (χ3n) is 4.46. The standard InChI is InChI=1S/C20H22N4O3S/c1-8-21-19(22-9-1)26-18-6-11-24(12-7-18)13-14-25-16-2-4-17(5-3-16)27-20-23-10-15-28-20/h1-5,8-10,15,18H,6-7,11-14H2. The van der Waals surface area contributed by atoms with Gasteiger partial charge in [0.1, 0.15) is 24.2 Å². The van der Waals surface area contributed by atoms with Gasteiger partial charge in [0, 0.05) is 43.6 Å². The zero-order valence-electron chi connectivity index (χ0n) is 15.4. The van der Waals surface area contributed by atoms with Crippen molar-refractivity contribution in [3.63, 3.8) is 0 Å². The fraction of sp³-hybridized carbons (Fsp3) is 0.350. The van der Waals surface area contributed by atoms with Gasteiger partial charge in [0.25, 0.3) is 5.19 Å². The maximum Gasteiger partial charge on any atom is 0.316 e. The Morgan fingerprint density at radius 3 is 2.43 bits per heavy atom. The van der Waals surface area contributed by atoms with E-state index >= 15 is 0 Å². The van der Waals surface area contributed by atoms with Crippen molar-refractivity contribution in [1.82, 2.24) is 19.9 Å². The fourth-order valence-corrected chi connectivity index (χ4v) is 3.51. The molecule has 0 unspecified atom stereocenters. The molecule has 0 bridgehead atoms. The molecule has 2 aromatic heterocycles. The summed E-state index contributed by atoms with van der Waals surface area (Å²) >= 11 is 1.47. The monoisotopic (exact) mass is 398 g/mol. The molecule has 4 rings (SSSR count). The Kier molecular flexibility index (Phi) is 6.31. The second-order valence-electron chi connectivity index (χ2n) is 6.41. The second kappa shape index (κ2) is 9.48. The minimum Gasteiger partial charge on any atom is -0.492 e. The Morgan fingerprint density at radius 1 is 0.964 bits per heavy atom. The number of benzene rings is 1. The lowest BCUT2D eigenvalue weighted by Crippen LogP contribution is -2.40. The summed E-state index contributed by atoms with van der Waals surface area (Å²) in [5, 5.41) is 2.52. The van der Waals surface area contributed by atoms with E-state index in [0.717, 1.165) is 44.0 Å². The van der Waals surface area contributed by atoms with Gasteiger partial charge in [-0.3, -0.25) is 4.90 Å². The van der Waals surface area contributed by atoms with E-state index in [9.17, 15) is 0 Å². The summed E-state index contributed by atoms with van der Waals surface area (Å²) < 4.78 is 17.3. The van der Waals surface area contributed by atoms with Gasteiger partial charge in [0.15, 0.2) is 0 Å². The number of likely N-dealkylation sites (tertiary alicyclic amines) is 1. The maximum atomic E-state index is 5.86. The maximum absolute atomic E-state index is 5.86. The first-order chi connectivity index (χ1) is 13.8. The van der Waals surface area contributed by atoms with E-state index < -0.39 is 0 Å². The van der Waals surface area contributed by atoms with E-state index in [0.29, 0.717) is 17.8 Å². The van der Waals surface area contributed by atoms with Gasteiger partial charge in [-0.25, -0.2) is 15.0 Å². The van der Waals surface area contributed by atoms with Crippen molar-refractivity contribution < 1.29 is 14.2 Å². The normalized spacial score (nSPS) is 15.3. The van der Waals surface area contributed by atoms with Crippen LogP contribution in [0.15, 0.2) is 54.3 Å². The molecule has 146 valence electrons. The third kappa shape index (κ3) is 5.40. The molecule has 8 heteroatoms. The van der Waals surface area contributed by atoms with Crippen molar-refractivity contribution in [1.29, 1.82) is 0 Å². The molecule has 3 heterocycles. The summed E-state index contributed by atoms with van der Waals surface area (Å²) in [6, 6.07) is 9.88. The van der Waals surface area contributed by atoms with Gasteiger partial charge >= 0.3 is 6.01 Å². The highest BCUT2D eigenvalue weighted by Gasteiger charge is 2.21. The average Bonchev–Trinajstić information content (AvgIpc) is 3.25. The molecule has 0 radical (unpaired) electrons. The second-order valence-corrected chi connectivity index (χ2v) is 7.27. The minimum absolute atomic E-state index is 0.185. The van der Waals surface area contributed by atoms with Crippen LogP contribution in [0.2, 0.25) is 0 Å². The number of rotatable bonds is 8. The molecule has 1 saturated heterocycles. The summed E-state index contributed by atoms with van der Waals surface area (Å²) in [6.07, 6.45) is 7.26. The molecule has 7 nitrogen and oxygen atoms in total. The molecule has 0 aliphatic carbocycles. The first kappa shape index (κ1) is 18.6. The lowest BCUT2D eigenvalue weighted by Gasteiger charge is -2.31. The van der Waals surface area contributed by atoms with Crippen molar-refractivity contribution in [2.75, 3.05) is 26.2 Å². The highest BCUT2D eigenvalue weighted by molar-refractivity contribution is 7.11. The molecule has 1 aliphatic rings. The van der Waals surface area contributed by atoms with Crippen LogP contribution in [0.25, 0.3) is 0 Å². The summed E-state index contributed by atoms with van der Waals surface area (Å²) in [5.74, 6) is 1.60. The van der Waals surface area contributed by atoms with Crippen LogP contribution in [0.5, 0.6) is 22.7 Å². The zero-order valence-corrected chi connectivity index (χ0v) is 16.3. The van der Waals surface area contributed by atoms with Gasteiger partial charge in [0.2, 0.25) is 0 Å². The van der Waals surface area contributed by atoms with Crippen molar-refractivity contribution >= 4 is 11.3 Å². The predicted molar refractivity (Wildman–Crippen MR) is 106 cm³/mol. The Balaban J connectivity index is 1.15. The van der Waals surface area contributed by atoms with Gasteiger partial charge in [0.05, 0.1) is 0 Å². The first-order valence-electron chi connectivity index (χ1n) is 9.31. The van der Waals surface area contributed by atoms with Crippen LogP contribution in [0, 0.1) is 0 Å². The third-order valence-corrected chi connectivity index (χ3v) is 5.11. The van der Waals surface area contributed by atoms with E-state index in [1.165, 1.54) is 11.3 Å². The molecule has 0 N–H and O–H groups in total. The fourth-order valence-electron chi connectivity index (χ4n) is 3.00. The number of ether oxygens (including phenoxy) is 3. The average molecular weight is 398 g/mol. The number of hydrogen-bond donors (Lipinski definition) is 0. The van der Waals surface area contributed by atoms with E-state index in [-0.39, 0.29) is 6.10 Å². The number of piperidine rings is 1. The van der Waals surface area contributed by atoms with Gasteiger partial charge in [-0.05, 0) is 43.2 Å². The molecule has 0 amide bonds. The zero-order chi connectivity index (χ0) is 19.0. The van der Waals surface area contributed by atoms with Gasteiger partial charge < -0.3 is 14.2 Å². The van der Waals surface area contributed by atoms with Crippen molar-refractivity contribution in [2.45, 2.75) is 18.9 Å². The predicted octanol–water partition coefficient (Wildman–Crippen LogP) is 3.65. The smallest absolute Gasteiger partial charge is 0.316 e. The molecule has 28 heavy (non-hydrogen) atoms. The van der Waals surface area contributed by atoms with Gasteiger partial charge in [-0.1, -0.05) is 11.3 Å². The van der Waals surface area contributed by atoms with Crippen LogP contribution >= 0.6 is 11.3 Å². The molecule has 1 fully saturated rings. The number of hydrogen-bond acceptors (Lipinski definition) is 8. The van der Waals surface area contributed by atoms with Crippen LogP contribution in [0.1, 0.15) is 12.8 Å². The Morgan fingerprint density at radius 2 is 1.71 bits per heavy atom. The lowest BCUT2D eigenvalue weighted by atomic mass is 10.1. The minimum atomic E-state index is 0.185. The van der Waals surface area contributed by atoms with Crippen molar-refractivity contribution in [2.24, 2.45) is 0 Å². The Hall–Kier alpha value is -2.71. The lowest BCUT2D eigenvalue weighted by molar-refractivity contribution is 0.0848. The summed E-state index contributed by atoms with van der Waals surface area (Å²) in [7, 11) is 0. The Bertz CT molecular complexity index is 822. The van der Waals surface area contributed by atoms with Crippen molar-refractivity contribution in [3.05, 3.63) is 54.3 Å². The number of aromatic nitrogens is 3. The molecule has 3 aromatic rings. The van der Waals surface area contributed by atoms with Crippen LogP contribution in [-0.4, -0.2) is 52.2 Å². The van der Waals surface area contributed by atoms with Crippen LogP contribution in [-0.2, 0) is 0 Å². The SMILES string of the molecule is c1cnc(OC2CCN(CCOc3ccc(Oc4nccs4)cc3)CC2)nc1. The van der Waals surface area contributed by atoms with E-state index in [1.54, 1.807) is 24.7 Å². The molecular formula is C20H22N4O3S. The van der Waals surface area contributed by atoms with Gasteiger partial charge in [-0.2, -0.15) is 0 Å². The molecule has 0 saturated carbocycles. The molecule has 0 atom stereocenters. The number of thiazole rings is 1. The highest BCUT2D eigenvalue weighted by atomic mass is 32.1. The molecule has 0 spiro atoms. The summed E-state index contributed by atoms with van der Waals surface area (Å²) in [4.78, 5) is 14.7. The van der Waals surface area contributed by atoms with Crippen LogP contribution in [0.4, 0.5) is 0 Å². The summed E-state index contributed by atoms with van der Waals surface area (Å²) in [5.41, 5.74) is 0. The largest absolute Gasteiger partial charge is 0.492 e. The first-order valence-corrected chi connectivity index (χ1v) is 10.2. The van der Waals surface area contributed by atoms with E-state index in [4.69, 9.17) is 14.2 Å². The van der Waals surface area contributed by atoms with Crippen molar-refractivity contribution in [3.8, 4) is 22.7 Å².